The first-order chi connectivity index (χ1) is 8.35. The molecular weight excluding hydrogens is 294 g/mol. The van der Waals surface area contributed by atoms with Gasteiger partial charge in [-0.2, -0.15) is 0 Å². The molecule has 0 aliphatic carbocycles. The summed E-state index contributed by atoms with van der Waals surface area (Å²) >= 11 is 3.46. The highest BCUT2D eigenvalue weighted by Gasteiger charge is 2.29. The molecule has 18 heavy (non-hydrogen) atoms. The molecule has 0 aliphatic rings. The molecule has 0 bridgehead atoms. The number of methoxy groups -OCH3 is 1. The smallest absolute Gasteiger partial charge is 0.312 e. The third-order valence-electron chi connectivity index (χ3n) is 2.74. The Morgan fingerprint density at radius 2 is 2.11 bits per heavy atom. The first-order valence-corrected chi connectivity index (χ1v) is 6.66. The number of carbonyl (C=O) groups excluding carboxylic acids is 1. The van der Waals surface area contributed by atoms with Crippen molar-refractivity contribution in [1.29, 1.82) is 0 Å². The van der Waals surface area contributed by atoms with Crippen LogP contribution >= 0.6 is 15.9 Å². The first-order valence-electron chi connectivity index (χ1n) is 5.86. The Bertz CT molecular complexity index is 418. The van der Waals surface area contributed by atoms with Gasteiger partial charge >= 0.3 is 5.97 Å². The minimum Gasteiger partial charge on any atom is -0.469 e. The van der Waals surface area contributed by atoms with Gasteiger partial charge in [0.15, 0.2) is 0 Å². The van der Waals surface area contributed by atoms with Crippen LogP contribution in [0.25, 0.3) is 0 Å². The number of hydrogen-bond donors (Lipinski definition) is 0. The maximum atomic E-state index is 11.6. The van der Waals surface area contributed by atoms with E-state index in [0.29, 0.717) is 6.54 Å². The number of ether oxygens (including phenoxy) is 1. The molecule has 1 aromatic carbocycles. The van der Waals surface area contributed by atoms with Crippen LogP contribution in [0.3, 0.4) is 0 Å². The zero-order valence-electron chi connectivity index (χ0n) is 11.4. The monoisotopic (exact) mass is 313 g/mol. The molecule has 0 aliphatic heterocycles. The summed E-state index contributed by atoms with van der Waals surface area (Å²) in [6.07, 6.45) is 0. The van der Waals surface area contributed by atoms with Gasteiger partial charge in [-0.05, 0) is 38.6 Å². The fraction of sp³-hybridized carbons (Fsp3) is 0.500. The van der Waals surface area contributed by atoms with Crippen molar-refractivity contribution < 1.29 is 9.53 Å². The number of carbonyl (C=O) groups is 1. The molecule has 0 saturated heterocycles. The summed E-state index contributed by atoms with van der Waals surface area (Å²) in [5, 5.41) is 0. The summed E-state index contributed by atoms with van der Waals surface area (Å²) in [6, 6.07) is 8.18. The largest absolute Gasteiger partial charge is 0.469 e. The van der Waals surface area contributed by atoms with E-state index in [1.807, 2.05) is 33.0 Å². The van der Waals surface area contributed by atoms with E-state index in [2.05, 4.69) is 33.0 Å². The molecule has 0 N–H and O–H groups in total. The Morgan fingerprint density at radius 3 is 2.67 bits per heavy atom. The summed E-state index contributed by atoms with van der Waals surface area (Å²) in [5.74, 6) is -0.177. The Hall–Kier alpha value is -0.870. The van der Waals surface area contributed by atoms with Gasteiger partial charge in [0.05, 0.1) is 12.5 Å². The zero-order chi connectivity index (χ0) is 13.8. The van der Waals surface area contributed by atoms with Gasteiger partial charge in [0.2, 0.25) is 0 Å². The maximum absolute atomic E-state index is 11.6. The molecule has 1 rings (SSSR count). The number of rotatable bonds is 5. The zero-order valence-corrected chi connectivity index (χ0v) is 13.0. The van der Waals surface area contributed by atoms with E-state index >= 15 is 0 Å². The van der Waals surface area contributed by atoms with Crippen molar-refractivity contribution in [3.63, 3.8) is 0 Å². The highest BCUT2D eigenvalue weighted by molar-refractivity contribution is 9.10. The van der Waals surface area contributed by atoms with Crippen LogP contribution in [-0.2, 0) is 16.1 Å². The van der Waals surface area contributed by atoms with Crippen LogP contribution in [0, 0.1) is 5.41 Å². The number of benzene rings is 1. The van der Waals surface area contributed by atoms with Gasteiger partial charge in [-0.1, -0.05) is 28.1 Å². The second-order valence-corrected chi connectivity index (χ2v) is 6.09. The van der Waals surface area contributed by atoms with E-state index in [4.69, 9.17) is 4.74 Å². The Balaban J connectivity index is 2.61. The third-order valence-corrected chi connectivity index (χ3v) is 3.24. The van der Waals surface area contributed by atoms with Crippen molar-refractivity contribution in [2.45, 2.75) is 20.4 Å². The van der Waals surface area contributed by atoms with Crippen LogP contribution in [0.5, 0.6) is 0 Å². The number of esters is 1. The average Bonchev–Trinajstić information content (AvgIpc) is 2.26. The van der Waals surface area contributed by atoms with Crippen LogP contribution in [0.1, 0.15) is 19.4 Å². The van der Waals surface area contributed by atoms with Crippen LogP contribution in [0.4, 0.5) is 0 Å². The Labute approximate surface area is 117 Å². The second kappa shape index (κ2) is 6.34. The van der Waals surface area contributed by atoms with E-state index in [-0.39, 0.29) is 5.97 Å². The van der Waals surface area contributed by atoms with Crippen molar-refractivity contribution >= 4 is 21.9 Å². The van der Waals surface area contributed by atoms with Crippen LogP contribution < -0.4 is 0 Å². The second-order valence-electron chi connectivity index (χ2n) is 5.18. The summed E-state index contributed by atoms with van der Waals surface area (Å²) in [4.78, 5) is 13.7. The normalized spacial score (nSPS) is 11.7. The minimum atomic E-state index is -0.491. The molecule has 1 aromatic rings. The molecule has 3 nitrogen and oxygen atoms in total. The molecule has 0 unspecified atom stereocenters. The molecule has 4 heteroatoms. The van der Waals surface area contributed by atoms with Crippen LogP contribution in [0.2, 0.25) is 0 Å². The predicted octanol–water partition coefficient (Wildman–Crippen LogP) is 3.08. The van der Waals surface area contributed by atoms with Crippen molar-refractivity contribution in [2.75, 3.05) is 20.7 Å². The molecular formula is C14H20BrNO2. The lowest BCUT2D eigenvalue weighted by Crippen LogP contribution is -2.37. The third kappa shape index (κ3) is 4.42. The van der Waals surface area contributed by atoms with E-state index in [0.717, 1.165) is 11.0 Å². The van der Waals surface area contributed by atoms with Gasteiger partial charge < -0.3 is 9.64 Å². The van der Waals surface area contributed by atoms with Crippen molar-refractivity contribution in [3.8, 4) is 0 Å². The average molecular weight is 314 g/mol. The van der Waals surface area contributed by atoms with Crippen LogP contribution in [-0.4, -0.2) is 31.6 Å². The molecule has 0 heterocycles. The van der Waals surface area contributed by atoms with Gasteiger partial charge in [-0.3, -0.25) is 4.79 Å². The standard InChI is InChI=1S/C14H20BrNO2/c1-14(2,13(17)18-4)10-16(3)9-11-6-5-7-12(15)8-11/h5-8H,9-10H2,1-4H3. The number of halogens is 1. The highest BCUT2D eigenvalue weighted by Crippen LogP contribution is 2.20. The SMILES string of the molecule is COC(=O)C(C)(C)CN(C)Cc1cccc(Br)c1. The molecule has 0 saturated carbocycles. The fourth-order valence-electron chi connectivity index (χ4n) is 2.02. The lowest BCUT2D eigenvalue weighted by atomic mass is 9.93. The summed E-state index contributed by atoms with van der Waals surface area (Å²) in [5.41, 5.74) is 0.725. The van der Waals surface area contributed by atoms with Gasteiger partial charge in [0, 0.05) is 17.6 Å². The maximum Gasteiger partial charge on any atom is 0.312 e. The van der Waals surface area contributed by atoms with Gasteiger partial charge in [-0.25, -0.2) is 0 Å². The lowest BCUT2D eigenvalue weighted by molar-refractivity contribution is -0.151. The molecule has 0 atom stereocenters. The van der Waals surface area contributed by atoms with Gasteiger partial charge in [0.1, 0.15) is 0 Å². The molecule has 0 spiro atoms. The van der Waals surface area contributed by atoms with E-state index in [1.54, 1.807) is 0 Å². The topological polar surface area (TPSA) is 29.5 Å². The summed E-state index contributed by atoms with van der Waals surface area (Å²) in [7, 11) is 3.43. The van der Waals surface area contributed by atoms with E-state index < -0.39 is 5.41 Å². The molecule has 0 fully saturated rings. The van der Waals surface area contributed by atoms with Gasteiger partial charge in [0.25, 0.3) is 0 Å². The van der Waals surface area contributed by atoms with E-state index in [1.165, 1.54) is 12.7 Å². The Morgan fingerprint density at radius 1 is 1.44 bits per heavy atom. The highest BCUT2D eigenvalue weighted by atomic mass is 79.9. The quantitative estimate of drug-likeness (QED) is 0.782. The van der Waals surface area contributed by atoms with Crippen molar-refractivity contribution in [1.82, 2.24) is 4.90 Å². The van der Waals surface area contributed by atoms with Gasteiger partial charge in [-0.15, -0.1) is 0 Å². The molecule has 0 amide bonds. The number of nitrogens with zero attached hydrogens (tertiary/aromatic N) is 1. The molecule has 100 valence electrons. The summed E-state index contributed by atoms with van der Waals surface area (Å²) in [6.45, 7) is 5.26. The van der Waals surface area contributed by atoms with Crippen molar-refractivity contribution in [3.05, 3.63) is 34.3 Å². The Kier molecular flexibility index (Phi) is 5.35. The number of hydrogen-bond acceptors (Lipinski definition) is 3. The first kappa shape index (κ1) is 15.2. The lowest BCUT2D eigenvalue weighted by Gasteiger charge is -2.27. The van der Waals surface area contributed by atoms with E-state index in [9.17, 15) is 4.79 Å². The minimum absolute atomic E-state index is 0.177. The summed E-state index contributed by atoms with van der Waals surface area (Å²) < 4.78 is 5.88. The van der Waals surface area contributed by atoms with Crippen molar-refractivity contribution in [2.24, 2.45) is 5.41 Å². The predicted molar refractivity (Wildman–Crippen MR) is 76.3 cm³/mol. The van der Waals surface area contributed by atoms with Crippen LogP contribution in [0.15, 0.2) is 28.7 Å². The molecule has 0 radical (unpaired) electrons. The molecule has 0 aromatic heterocycles. The fourth-order valence-corrected chi connectivity index (χ4v) is 2.47.